The predicted molar refractivity (Wildman–Crippen MR) is 99.2 cm³/mol. The molecule has 3 rings (SSSR count). The lowest BCUT2D eigenvalue weighted by molar-refractivity contribution is -0.119. The van der Waals surface area contributed by atoms with Gasteiger partial charge in [0.05, 0.1) is 15.8 Å². The minimum absolute atomic E-state index is 0.347. The Labute approximate surface area is 149 Å². The van der Waals surface area contributed by atoms with E-state index in [0.717, 1.165) is 26.9 Å². The molecule has 6 heteroatoms. The lowest BCUT2D eigenvalue weighted by atomic mass is 10.1. The fourth-order valence-corrected chi connectivity index (χ4v) is 3.54. The van der Waals surface area contributed by atoms with Crippen molar-refractivity contribution in [2.24, 2.45) is 0 Å². The Hall–Kier alpha value is -2.73. The largest absolute Gasteiger partial charge is 0.452 e. The molecule has 1 heterocycles. The number of carbonyl (C=O) groups is 2. The summed E-state index contributed by atoms with van der Waals surface area (Å²) in [6.07, 6.45) is 0. The number of anilines is 1. The van der Waals surface area contributed by atoms with Crippen LogP contribution in [-0.2, 0) is 9.53 Å². The van der Waals surface area contributed by atoms with Crippen LogP contribution in [0.2, 0.25) is 0 Å². The molecule has 0 radical (unpaired) electrons. The number of nitrogens with one attached hydrogen (secondary N) is 1. The molecule has 0 bridgehead atoms. The van der Waals surface area contributed by atoms with Crippen LogP contribution in [0, 0.1) is 20.8 Å². The van der Waals surface area contributed by atoms with Gasteiger partial charge in [0.2, 0.25) is 0 Å². The summed E-state index contributed by atoms with van der Waals surface area (Å²) in [5, 5.41) is 3.19. The highest BCUT2D eigenvalue weighted by Gasteiger charge is 2.13. The summed E-state index contributed by atoms with van der Waals surface area (Å²) in [6, 6.07) is 11.1. The predicted octanol–water partition coefficient (Wildman–Crippen LogP) is 4.02. The fourth-order valence-electron chi connectivity index (χ4n) is 2.48. The number of hydrogen-bond donors (Lipinski definition) is 1. The second-order valence-electron chi connectivity index (χ2n) is 5.94. The van der Waals surface area contributed by atoms with E-state index >= 15 is 0 Å². The third kappa shape index (κ3) is 4.03. The van der Waals surface area contributed by atoms with E-state index in [1.165, 1.54) is 11.3 Å². The zero-order valence-electron chi connectivity index (χ0n) is 14.3. The number of aromatic nitrogens is 1. The van der Waals surface area contributed by atoms with Crippen molar-refractivity contribution in [3.8, 4) is 0 Å². The molecule has 0 spiro atoms. The van der Waals surface area contributed by atoms with Crippen molar-refractivity contribution >= 4 is 38.6 Å². The lowest BCUT2D eigenvalue weighted by Gasteiger charge is -2.04. The second-order valence-corrected chi connectivity index (χ2v) is 6.97. The number of rotatable bonds is 4. The molecule has 1 aromatic heterocycles. The third-order valence-electron chi connectivity index (χ3n) is 3.70. The first-order valence-corrected chi connectivity index (χ1v) is 8.65. The number of amides is 1. The highest BCUT2D eigenvalue weighted by Crippen LogP contribution is 2.29. The average Bonchev–Trinajstić information content (AvgIpc) is 2.96. The molecule has 1 N–H and O–H groups in total. The molecule has 0 fully saturated rings. The topological polar surface area (TPSA) is 68.3 Å². The molecule has 1 amide bonds. The van der Waals surface area contributed by atoms with Crippen LogP contribution in [0.15, 0.2) is 36.4 Å². The van der Waals surface area contributed by atoms with Crippen molar-refractivity contribution in [2.75, 3.05) is 11.9 Å². The van der Waals surface area contributed by atoms with Crippen molar-refractivity contribution < 1.29 is 14.3 Å². The van der Waals surface area contributed by atoms with E-state index in [9.17, 15) is 9.59 Å². The molecule has 5 nitrogen and oxygen atoms in total. The second kappa shape index (κ2) is 7.03. The zero-order valence-corrected chi connectivity index (χ0v) is 15.1. The molecule has 25 heavy (non-hydrogen) atoms. The number of thiazole rings is 1. The van der Waals surface area contributed by atoms with Crippen LogP contribution in [-0.4, -0.2) is 23.5 Å². The van der Waals surface area contributed by atoms with Gasteiger partial charge in [-0.1, -0.05) is 35.1 Å². The number of aryl methyl sites for hydroxylation is 3. The van der Waals surface area contributed by atoms with Crippen LogP contribution < -0.4 is 5.32 Å². The van der Waals surface area contributed by atoms with Crippen LogP contribution in [0.25, 0.3) is 10.2 Å². The van der Waals surface area contributed by atoms with E-state index in [-0.39, 0.29) is 6.61 Å². The Morgan fingerprint density at radius 3 is 2.52 bits per heavy atom. The monoisotopic (exact) mass is 354 g/mol. The number of ether oxygens (including phenoxy) is 1. The van der Waals surface area contributed by atoms with E-state index in [1.54, 1.807) is 12.1 Å². The summed E-state index contributed by atoms with van der Waals surface area (Å²) in [6.45, 7) is 5.60. The van der Waals surface area contributed by atoms with Crippen LogP contribution in [0.5, 0.6) is 0 Å². The molecule has 0 aliphatic carbocycles. The van der Waals surface area contributed by atoms with Crippen molar-refractivity contribution in [3.05, 3.63) is 58.7 Å². The Morgan fingerprint density at radius 1 is 1.08 bits per heavy atom. The first-order valence-electron chi connectivity index (χ1n) is 7.84. The third-order valence-corrected chi connectivity index (χ3v) is 4.62. The molecule has 0 atom stereocenters. The molecular formula is C19H18N2O3S. The zero-order chi connectivity index (χ0) is 18.0. The Balaban J connectivity index is 1.62. The summed E-state index contributed by atoms with van der Waals surface area (Å²) in [4.78, 5) is 28.4. The van der Waals surface area contributed by atoms with Gasteiger partial charge in [-0.2, -0.15) is 0 Å². The van der Waals surface area contributed by atoms with Crippen LogP contribution in [0.3, 0.4) is 0 Å². The molecule has 0 aliphatic rings. The summed E-state index contributed by atoms with van der Waals surface area (Å²) >= 11 is 1.40. The maximum atomic E-state index is 12.0. The van der Waals surface area contributed by atoms with Gasteiger partial charge >= 0.3 is 5.97 Å². The van der Waals surface area contributed by atoms with Gasteiger partial charge in [-0.05, 0) is 50.1 Å². The number of esters is 1. The summed E-state index contributed by atoms with van der Waals surface area (Å²) in [7, 11) is 0. The standard InChI is InChI=1S/C19H18N2O3S/c1-11-4-6-14(7-5-11)18(23)24-10-16(22)20-19-21-17-13(3)8-12(2)9-15(17)25-19/h4-9H,10H2,1-3H3,(H,20,21,22). The number of fused-ring (bicyclic) bond motifs is 1. The molecule has 0 saturated heterocycles. The minimum Gasteiger partial charge on any atom is -0.452 e. The van der Waals surface area contributed by atoms with Crippen molar-refractivity contribution in [1.29, 1.82) is 0 Å². The van der Waals surface area contributed by atoms with E-state index in [2.05, 4.69) is 16.4 Å². The van der Waals surface area contributed by atoms with Crippen LogP contribution in [0.4, 0.5) is 5.13 Å². The SMILES string of the molecule is Cc1ccc(C(=O)OCC(=O)Nc2nc3c(C)cc(C)cc3s2)cc1. The molecule has 128 valence electrons. The van der Waals surface area contributed by atoms with Crippen molar-refractivity contribution in [1.82, 2.24) is 4.98 Å². The number of hydrogen-bond acceptors (Lipinski definition) is 5. The molecule has 0 aliphatic heterocycles. The molecule has 0 unspecified atom stereocenters. The maximum absolute atomic E-state index is 12.0. The quantitative estimate of drug-likeness (QED) is 0.719. The lowest BCUT2D eigenvalue weighted by Crippen LogP contribution is -2.20. The van der Waals surface area contributed by atoms with Crippen LogP contribution in [0.1, 0.15) is 27.0 Å². The normalized spacial score (nSPS) is 10.7. The summed E-state index contributed by atoms with van der Waals surface area (Å²) in [5.41, 5.74) is 4.57. The maximum Gasteiger partial charge on any atom is 0.338 e. The van der Waals surface area contributed by atoms with Gasteiger partial charge in [0.15, 0.2) is 11.7 Å². The van der Waals surface area contributed by atoms with Gasteiger partial charge in [-0.25, -0.2) is 9.78 Å². The number of carbonyl (C=O) groups excluding carboxylic acids is 2. The Morgan fingerprint density at radius 2 is 1.80 bits per heavy atom. The summed E-state index contributed by atoms with van der Waals surface area (Å²) < 4.78 is 6.06. The average molecular weight is 354 g/mol. The minimum atomic E-state index is -0.522. The smallest absolute Gasteiger partial charge is 0.338 e. The number of nitrogens with zero attached hydrogens (tertiary/aromatic N) is 1. The van der Waals surface area contributed by atoms with Crippen LogP contribution >= 0.6 is 11.3 Å². The van der Waals surface area contributed by atoms with E-state index in [4.69, 9.17) is 4.74 Å². The van der Waals surface area contributed by atoms with Gasteiger partial charge in [-0.15, -0.1) is 0 Å². The van der Waals surface area contributed by atoms with E-state index < -0.39 is 11.9 Å². The highest BCUT2D eigenvalue weighted by molar-refractivity contribution is 7.22. The molecule has 0 saturated carbocycles. The van der Waals surface area contributed by atoms with Gasteiger partial charge < -0.3 is 4.74 Å². The Bertz CT molecular complexity index is 945. The first kappa shape index (κ1) is 17.1. The first-order chi connectivity index (χ1) is 11.9. The van der Waals surface area contributed by atoms with Gasteiger partial charge in [0.1, 0.15) is 0 Å². The van der Waals surface area contributed by atoms with E-state index in [1.807, 2.05) is 39.0 Å². The highest BCUT2D eigenvalue weighted by atomic mass is 32.1. The van der Waals surface area contributed by atoms with E-state index in [0.29, 0.717) is 10.7 Å². The Kier molecular flexibility index (Phi) is 4.81. The van der Waals surface area contributed by atoms with Gasteiger partial charge in [0.25, 0.3) is 5.91 Å². The van der Waals surface area contributed by atoms with Crippen molar-refractivity contribution in [2.45, 2.75) is 20.8 Å². The summed E-state index contributed by atoms with van der Waals surface area (Å²) in [5.74, 6) is -0.931. The van der Waals surface area contributed by atoms with Gasteiger partial charge in [0, 0.05) is 0 Å². The molecule has 3 aromatic rings. The molecular weight excluding hydrogens is 336 g/mol. The van der Waals surface area contributed by atoms with Crippen molar-refractivity contribution in [3.63, 3.8) is 0 Å². The van der Waals surface area contributed by atoms with Gasteiger partial charge in [-0.3, -0.25) is 10.1 Å². The fraction of sp³-hybridized carbons (Fsp3) is 0.211. The molecule has 2 aromatic carbocycles. The number of benzene rings is 2.